The molecule has 7 heteroatoms. The SMILES string of the molecule is CCCCCCCCCCCCc1ccccc1OCC[O].O=S(=O)(O)O. The fraction of sp³-hybridized carbons (Fsp3) is 0.700. The standard InChI is InChI=1S/C20H33O2.H2O4S/c1-2-3-4-5-6-7-8-9-10-11-14-19-15-12-13-16-20(19)22-18-17-21;1-5(2,3)4/h12-13,15-16H,2-11,14,17-18H2,1H3;(H2,1,2,3,4). The Balaban J connectivity index is 0.00000119. The van der Waals surface area contributed by atoms with Gasteiger partial charge in [-0.2, -0.15) is 8.42 Å². The maximum Gasteiger partial charge on any atom is 0.394 e. The van der Waals surface area contributed by atoms with Gasteiger partial charge in [0.1, 0.15) is 19.0 Å². The maximum absolute atomic E-state index is 10.5. The summed E-state index contributed by atoms with van der Waals surface area (Å²) < 4.78 is 37.1. The molecule has 0 heterocycles. The minimum Gasteiger partial charge on any atom is -0.491 e. The molecule has 6 nitrogen and oxygen atoms in total. The van der Waals surface area contributed by atoms with Gasteiger partial charge in [-0.15, -0.1) is 0 Å². The van der Waals surface area contributed by atoms with Gasteiger partial charge in [-0.3, -0.25) is 9.11 Å². The number of hydrogen-bond acceptors (Lipinski definition) is 3. The molecule has 0 unspecified atom stereocenters. The van der Waals surface area contributed by atoms with Crippen molar-refractivity contribution in [3.63, 3.8) is 0 Å². The lowest BCUT2D eigenvalue weighted by molar-refractivity contribution is 0.137. The fourth-order valence-corrected chi connectivity index (χ4v) is 2.81. The van der Waals surface area contributed by atoms with Crippen molar-refractivity contribution in [1.29, 1.82) is 0 Å². The zero-order chi connectivity index (χ0) is 20.4. The van der Waals surface area contributed by atoms with E-state index in [0.29, 0.717) is 0 Å². The van der Waals surface area contributed by atoms with Crippen LogP contribution in [-0.4, -0.2) is 30.7 Å². The lowest BCUT2D eigenvalue weighted by Gasteiger charge is -2.10. The van der Waals surface area contributed by atoms with Gasteiger partial charge in [0.25, 0.3) is 0 Å². The minimum absolute atomic E-state index is 0.174. The van der Waals surface area contributed by atoms with Gasteiger partial charge in [-0.25, -0.2) is 5.11 Å². The first-order valence-corrected chi connectivity index (χ1v) is 11.3. The molecule has 0 fully saturated rings. The highest BCUT2D eigenvalue weighted by Crippen LogP contribution is 2.21. The van der Waals surface area contributed by atoms with Crippen LogP contribution in [0, 0.1) is 0 Å². The van der Waals surface area contributed by atoms with Gasteiger partial charge in [-0.1, -0.05) is 82.9 Å². The zero-order valence-electron chi connectivity index (χ0n) is 16.4. The molecule has 2 N–H and O–H groups in total. The third-order valence-electron chi connectivity index (χ3n) is 4.11. The lowest BCUT2D eigenvalue weighted by atomic mass is 10.0. The summed E-state index contributed by atoms with van der Waals surface area (Å²) in [5, 5.41) is 10.5. The van der Waals surface area contributed by atoms with Crippen molar-refractivity contribution < 1.29 is 27.4 Å². The van der Waals surface area contributed by atoms with E-state index < -0.39 is 10.4 Å². The number of aryl methyl sites for hydroxylation is 1. The van der Waals surface area contributed by atoms with E-state index in [9.17, 15) is 5.11 Å². The summed E-state index contributed by atoms with van der Waals surface area (Å²) in [6.45, 7) is 2.37. The third kappa shape index (κ3) is 19.4. The molecular weight excluding hydrogens is 368 g/mol. The van der Waals surface area contributed by atoms with E-state index in [0.717, 1.165) is 12.2 Å². The summed E-state index contributed by atoms with van der Waals surface area (Å²) in [4.78, 5) is 0. The largest absolute Gasteiger partial charge is 0.491 e. The molecule has 1 rings (SSSR count). The number of para-hydroxylation sites is 1. The molecule has 0 saturated carbocycles. The smallest absolute Gasteiger partial charge is 0.394 e. The quantitative estimate of drug-likeness (QED) is 0.324. The number of rotatable bonds is 14. The van der Waals surface area contributed by atoms with Gasteiger partial charge >= 0.3 is 10.4 Å². The van der Waals surface area contributed by atoms with Crippen LogP contribution in [0.2, 0.25) is 0 Å². The monoisotopic (exact) mass is 403 g/mol. The van der Waals surface area contributed by atoms with Gasteiger partial charge in [0.05, 0.1) is 0 Å². The normalized spacial score (nSPS) is 11.0. The second-order valence-corrected chi connectivity index (χ2v) is 7.44. The summed E-state index contributed by atoms with van der Waals surface area (Å²) in [7, 11) is -4.67. The van der Waals surface area contributed by atoms with Crippen molar-refractivity contribution in [3.05, 3.63) is 29.8 Å². The topological polar surface area (TPSA) is 104 Å². The van der Waals surface area contributed by atoms with Crippen molar-refractivity contribution in [2.24, 2.45) is 0 Å². The van der Waals surface area contributed by atoms with Crippen molar-refractivity contribution in [2.75, 3.05) is 13.2 Å². The molecule has 0 bridgehead atoms. The minimum atomic E-state index is -4.67. The molecule has 1 aromatic carbocycles. The molecule has 27 heavy (non-hydrogen) atoms. The second kappa shape index (κ2) is 17.0. The first kappa shape index (κ1) is 25.9. The fourth-order valence-electron chi connectivity index (χ4n) is 2.81. The van der Waals surface area contributed by atoms with Crippen LogP contribution in [0.5, 0.6) is 5.75 Å². The Morgan fingerprint density at radius 1 is 0.852 bits per heavy atom. The average Bonchev–Trinajstić information content (AvgIpc) is 2.61. The van der Waals surface area contributed by atoms with Crippen LogP contribution in [0.25, 0.3) is 0 Å². The Labute approximate surface area is 164 Å². The Hall–Kier alpha value is -1.15. The molecule has 0 amide bonds. The average molecular weight is 404 g/mol. The first-order valence-electron chi connectivity index (χ1n) is 9.87. The Morgan fingerprint density at radius 3 is 1.85 bits per heavy atom. The lowest BCUT2D eigenvalue weighted by Crippen LogP contribution is -2.03. The predicted octanol–water partition coefficient (Wildman–Crippen LogP) is 5.31. The van der Waals surface area contributed by atoms with E-state index in [2.05, 4.69) is 19.1 Å². The van der Waals surface area contributed by atoms with Crippen LogP contribution in [0.1, 0.15) is 76.7 Å². The highest BCUT2D eigenvalue weighted by Gasteiger charge is 2.02. The van der Waals surface area contributed by atoms with E-state index >= 15 is 0 Å². The van der Waals surface area contributed by atoms with E-state index in [4.69, 9.17) is 22.3 Å². The van der Waals surface area contributed by atoms with Crippen LogP contribution in [0.4, 0.5) is 0 Å². The molecule has 0 aliphatic rings. The van der Waals surface area contributed by atoms with E-state index in [1.165, 1.54) is 69.8 Å². The molecule has 0 aliphatic heterocycles. The van der Waals surface area contributed by atoms with Crippen LogP contribution in [0.15, 0.2) is 24.3 Å². The van der Waals surface area contributed by atoms with Crippen molar-refractivity contribution in [3.8, 4) is 5.75 Å². The second-order valence-electron chi connectivity index (χ2n) is 6.54. The summed E-state index contributed by atoms with van der Waals surface area (Å²) in [6.07, 6.45) is 14.7. The molecule has 1 aromatic rings. The van der Waals surface area contributed by atoms with Gasteiger partial charge in [0.15, 0.2) is 0 Å². The van der Waals surface area contributed by atoms with Crippen LogP contribution in [0.3, 0.4) is 0 Å². The third-order valence-corrected chi connectivity index (χ3v) is 4.11. The van der Waals surface area contributed by atoms with Crippen LogP contribution >= 0.6 is 0 Å². The molecule has 157 valence electrons. The molecule has 0 aliphatic carbocycles. The number of unbranched alkanes of at least 4 members (excludes halogenated alkanes) is 9. The zero-order valence-corrected chi connectivity index (χ0v) is 17.3. The number of benzene rings is 1. The molecule has 1 radical (unpaired) electrons. The highest BCUT2D eigenvalue weighted by molar-refractivity contribution is 7.79. The van der Waals surface area contributed by atoms with E-state index in [1.807, 2.05) is 12.1 Å². The Kier molecular flexibility index (Phi) is 16.3. The maximum atomic E-state index is 10.5. The van der Waals surface area contributed by atoms with Crippen LogP contribution in [-0.2, 0) is 21.9 Å². The Morgan fingerprint density at radius 2 is 1.33 bits per heavy atom. The summed E-state index contributed by atoms with van der Waals surface area (Å²) in [5.74, 6) is 0.897. The molecule has 0 saturated heterocycles. The Bertz CT molecular complexity index is 551. The van der Waals surface area contributed by atoms with Gasteiger partial charge in [0.2, 0.25) is 0 Å². The van der Waals surface area contributed by atoms with Gasteiger partial charge < -0.3 is 4.74 Å². The predicted molar refractivity (Wildman–Crippen MR) is 107 cm³/mol. The van der Waals surface area contributed by atoms with Gasteiger partial charge in [-0.05, 0) is 24.5 Å². The molecule has 0 aromatic heterocycles. The van der Waals surface area contributed by atoms with Gasteiger partial charge in [0, 0.05) is 0 Å². The van der Waals surface area contributed by atoms with Crippen molar-refractivity contribution >= 4 is 10.4 Å². The summed E-state index contributed by atoms with van der Waals surface area (Å²) in [6, 6.07) is 8.12. The highest BCUT2D eigenvalue weighted by atomic mass is 32.3. The van der Waals surface area contributed by atoms with E-state index in [-0.39, 0.29) is 13.2 Å². The molecule has 0 spiro atoms. The van der Waals surface area contributed by atoms with Crippen molar-refractivity contribution in [1.82, 2.24) is 0 Å². The molecule has 0 atom stereocenters. The number of hydrogen-bond donors (Lipinski definition) is 2. The summed E-state index contributed by atoms with van der Waals surface area (Å²) in [5.41, 5.74) is 1.25. The molecular formula is C20H35O6S. The van der Waals surface area contributed by atoms with Crippen LogP contribution < -0.4 is 4.74 Å². The van der Waals surface area contributed by atoms with E-state index in [1.54, 1.807) is 0 Å². The number of ether oxygens (including phenoxy) is 1. The first-order chi connectivity index (χ1) is 12.9. The van der Waals surface area contributed by atoms with Crippen molar-refractivity contribution in [2.45, 2.75) is 77.6 Å². The summed E-state index contributed by atoms with van der Waals surface area (Å²) >= 11 is 0.